The summed E-state index contributed by atoms with van der Waals surface area (Å²) < 4.78 is 0. The molecule has 1 amide bonds. The Labute approximate surface area is 135 Å². The summed E-state index contributed by atoms with van der Waals surface area (Å²) in [5.74, 6) is 0.565. The Balaban J connectivity index is 1.51. The second kappa shape index (κ2) is 6.98. The fourth-order valence-electron chi connectivity index (χ4n) is 2.36. The van der Waals surface area contributed by atoms with Crippen molar-refractivity contribution in [2.24, 2.45) is 0 Å². The van der Waals surface area contributed by atoms with Crippen molar-refractivity contribution in [1.29, 1.82) is 0 Å². The molecule has 0 spiro atoms. The van der Waals surface area contributed by atoms with Crippen molar-refractivity contribution in [1.82, 2.24) is 10.8 Å². The molecule has 1 unspecified atom stereocenters. The highest BCUT2D eigenvalue weighted by Gasteiger charge is 2.24. The maximum atomic E-state index is 12.1. The molecule has 5 heteroatoms. The van der Waals surface area contributed by atoms with E-state index in [1.807, 2.05) is 54.6 Å². The van der Waals surface area contributed by atoms with Gasteiger partial charge in [0, 0.05) is 17.8 Å². The number of hydroxylamine groups is 1. The summed E-state index contributed by atoms with van der Waals surface area (Å²) in [5.41, 5.74) is 11.2. The third kappa shape index (κ3) is 3.90. The van der Waals surface area contributed by atoms with E-state index in [1.54, 1.807) is 6.08 Å². The first-order valence-corrected chi connectivity index (χ1v) is 7.54. The lowest BCUT2D eigenvalue weighted by Crippen LogP contribution is -2.40. The third-order valence-electron chi connectivity index (χ3n) is 3.65. The quantitative estimate of drug-likeness (QED) is 0.737. The fourth-order valence-corrected chi connectivity index (χ4v) is 2.36. The molecule has 1 aliphatic heterocycles. The van der Waals surface area contributed by atoms with Crippen molar-refractivity contribution < 1.29 is 9.63 Å². The standard InChI is InChI=1S/C18H19N3O2/c19-15-8-6-13(7-9-15)10-11-20-18(22)16-12-17(23-21-16)14-4-2-1-3-5-14/h1-9,12,16,21H,10-11,19H2,(H,20,22). The lowest BCUT2D eigenvalue weighted by molar-refractivity contribution is -0.123. The molecule has 3 rings (SSSR count). The molecule has 0 bridgehead atoms. The Morgan fingerprint density at radius 3 is 2.61 bits per heavy atom. The summed E-state index contributed by atoms with van der Waals surface area (Å²) in [6.07, 6.45) is 2.54. The van der Waals surface area contributed by atoms with Gasteiger partial charge in [-0.15, -0.1) is 5.48 Å². The molecule has 5 nitrogen and oxygen atoms in total. The molecule has 1 aliphatic rings. The Morgan fingerprint density at radius 2 is 1.87 bits per heavy atom. The monoisotopic (exact) mass is 309 g/mol. The summed E-state index contributed by atoms with van der Waals surface area (Å²) in [6.45, 7) is 0.565. The molecule has 23 heavy (non-hydrogen) atoms. The van der Waals surface area contributed by atoms with Gasteiger partial charge in [-0.1, -0.05) is 42.5 Å². The maximum absolute atomic E-state index is 12.1. The zero-order chi connectivity index (χ0) is 16.1. The number of benzene rings is 2. The van der Waals surface area contributed by atoms with Gasteiger partial charge in [0.05, 0.1) is 0 Å². The number of nitrogen functional groups attached to an aromatic ring is 1. The second-order valence-corrected chi connectivity index (χ2v) is 5.38. The SMILES string of the molecule is Nc1ccc(CCNC(=O)C2C=C(c3ccccc3)ON2)cc1. The van der Waals surface area contributed by atoms with Crippen LogP contribution in [0.4, 0.5) is 5.69 Å². The number of hydrogen-bond acceptors (Lipinski definition) is 4. The second-order valence-electron chi connectivity index (χ2n) is 5.38. The first-order valence-electron chi connectivity index (χ1n) is 7.54. The van der Waals surface area contributed by atoms with E-state index in [9.17, 15) is 4.79 Å². The van der Waals surface area contributed by atoms with Gasteiger partial charge in [-0.2, -0.15) is 0 Å². The van der Waals surface area contributed by atoms with E-state index in [4.69, 9.17) is 10.6 Å². The van der Waals surface area contributed by atoms with Gasteiger partial charge < -0.3 is 15.9 Å². The van der Waals surface area contributed by atoms with Crippen LogP contribution in [0.15, 0.2) is 60.7 Å². The summed E-state index contributed by atoms with van der Waals surface area (Å²) in [7, 11) is 0. The highest BCUT2D eigenvalue weighted by Crippen LogP contribution is 2.19. The molecule has 0 fully saturated rings. The molecule has 0 aliphatic carbocycles. The molecule has 2 aromatic rings. The normalized spacial score (nSPS) is 16.5. The van der Waals surface area contributed by atoms with Gasteiger partial charge in [-0.25, -0.2) is 0 Å². The van der Waals surface area contributed by atoms with Crippen molar-refractivity contribution in [2.45, 2.75) is 12.5 Å². The van der Waals surface area contributed by atoms with E-state index in [0.717, 1.165) is 23.2 Å². The largest absolute Gasteiger partial charge is 0.407 e. The summed E-state index contributed by atoms with van der Waals surface area (Å²) >= 11 is 0. The first-order chi connectivity index (χ1) is 11.2. The highest BCUT2D eigenvalue weighted by atomic mass is 16.7. The van der Waals surface area contributed by atoms with Gasteiger partial charge in [0.15, 0.2) is 5.76 Å². The lowest BCUT2D eigenvalue weighted by atomic mass is 10.1. The van der Waals surface area contributed by atoms with Crippen LogP contribution in [-0.2, 0) is 16.1 Å². The van der Waals surface area contributed by atoms with Crippen molar-refractivity contribution in [3.05, 3.63) is 71.8 Å². The van der Waals surface area contributed by atoms with E-state index < -0.39 is 6.04 Å². The molecule has 0 aromatic heterocycles. The van der Waals surface area contributed by atoms with Gasteiger partial charge >= 0.3 is 0 Å². The number of hydrogen-bond donors (Lipinski definition) is 3. The van der Waals surface area contributed by atoms with Crippen LogP contribution in [-0.4, -0.2) is 18.5 Å². The van der Waals surface area contributed by atoms with Gasteiger partial charge in [-0.05, 0) is 30.2 Å². The molecule has 1 heterocycles. The van der Waals surface area contributed by atoms with Crippen LogP contribution >= 0.6 is 0 Å². The predicted molar refractivity (Wildman–Crippen MR) is 90.0 cm³/mol. The average molecular weight is 309 g/mol. The predicted octanol–water partition coefficient (Wildman–Crippen LogP) is 1.87. The zero-order valence-electron chi connectivity index (χ0n) is 12.7. The molecular weight excluding hydrogens is 290 g/mol. The zero-order valence-corrected chi connectivity index (χ0v) is 12.7. The van der Waals surface area contributed by atoms with Gasteiger partial charge in [0.25, 0.3) is 0 Å². The van der Waals surface area contributed by atoms with Crippen LogP contribution in [0.1, 0.15) is 11.1 Å². The number of amides is 1. The van der Waals surface area contributed by atoms with Crippen LogP contribution < -0.4 is 16.5 Å². The number of nitrogens with one attached hydrogen (secondary N) is 2. The van der Waals surface area contributed by atoms with E-state index >= 15 is 0 Å². The number of carbonyl (C=O) groups excluding carboxylic acids is 1. The third-order valence-corrected chi connectivity index (χ3v) is 3.65. The van der Waals surface area contributed by atoms with Gasteiger partial charge in [-0.3, -0.25) is 4.79 Å². The van der Waals surface area contributed by atoms with Gasteiger partial charge in [0.2, 0.25) is 5.91 Å². The molecule has 0 radical (unpaired) electrons. The van der Waals surface area contributed by atoms with E-state index in [0.29, 0.717) is 12.3 Å². The maximum Gasteiger partial charge on any atom is 0.244 e. The average Bonchev–Trinajstić information content (AvgIpc) is 3.07. The molecule has 1 atom stereocenters. The van der Waals surface area contributed by atoms with Crippen molar-refractivity contribution >= 4 is 17.4 Å². The minimum absolute atomic E-state index is 0.105. The van der Waals surface area contributed by atoms with Crippen molar-refractivity contribution in [3.8, 4) is 0 Å². The Kier molecular flexibility index (Phi) is 4.59. The summed E-state index contributed by atoms with van der Waals surface area (Å²) in [5, 5.41) is 2.90. The molecule has 4 N–H and O–H groups in total. The number of nitrogens with two attached hydrogens (primary N) is 1. The molecular formula is C18H19N3O2. The van der Waals surface area contributed by atoms with Gasteiger partial charge in [0.1, 0.15) is 6.04 Å². The Bertz CT molecular complexity index is 696. The lowest BCUT2D eigenvalue weighted by Gasteiger charge is -2.09. The van der Waals surface area contributed by atoms with E-state index in [2.05, 4.69) is 10.8 Å². The van der Waals surface area contributed by atoms with Crippen molar-refractivity contribution in [3.63, 3.8) is 0 Å². The van der Waals surface area contributed by atoms with Crippen LogP contribution in [0, 0.1) is 0 Å². The number of rotatable bonds is 5. The molecule has 2 aromatic carbocycles. The Morgan fingerprint density at radius 1 is 1.13 bits per heavy atom. The number of anilines is 1. The Hall–Kier alpha value is -2.79. The number of carbonyl (C=O) groups is 1. The van der Waals surface area contributed by atoms with E-state index in [-0.39, 0.29) is 5.91 Å². The minimum atomic E-state index is -0.475. The molecule has 0 saturated carbocycles. The topological polar surface area (TPSA) is 76.4 Å². The van der Waals surface area contributed by atoms with Crippen LogP contribution in [0.5, 0.6) is 0 Å². The summed E-state index contributed by atoms with van der Waals surface area (Å²) in [6, 6.07) is 16.8. The fraction of sp³-hybridized carbons (Fsp3) is 0.167. The first kappa shape index (κ1) is 15.1. The highest BCUT2D eigenvalue weighted by molar-refractivity contribution is 5.86. The van der Waals surface area contributed by atoms with E-state index in [1.165, 1.54) is 0 Å². The summed E-state index contributed by atoms with van der Waals surface area (Å²) in [4.78, 5) is 17.5. The molecule has 0 saturated heterocycles. The molecule has 118 valence electrons. The van der Waals surface area contributed by atoms with Crippen LogP contribution in [0.3, 0.4) is 0 Å². The minimum Gasteiger partial charge on any atom is -0.407 e. The van der Waals surface area contributed by atoms with Crippen LogP contribution in [0.2, 0.25) is 0 Å². The van der Waals surface area contributed by atoms with Crippen LogP contribution in [0.25, 0.3) is 5.76 Å². The smallest absolute Gasteiger partial charge is 0.244 e. The van der Waals surface area contributed by atoms with Crippen molar-refractivity contribution in [2.75, 3.05) is 12.3 Å².